The van der Waals surface area contributed by atoms with Gasteiger partial charge in [-0.15, -0.1) is 0 Å². The van der Waals surface area contributed by atoms with Gasteiger partial charge in [0, 0.05) is 18.3 Å². The molecule has 0 fully saturated rings. The number of aromatic nitrogens is 2. The number of nitrogens with two attached hydrogens (primary N) is 2. The highest BCUT2D eigenvalue weighted by Gasteiger charge is 2.21. The zero-order chi connectivity index (χ0) is 17.9. The van der Waals surface area contributed by atoms with Gasteiger partial charge in [0.1, 0.15) is 6.04 Å². The molecule has 1 aromatic rings. The van der Waals surface area contributed by atoms with E-state index < -0.39 is 29.9 Å². The Morgan fingerprint density at radius 2 is 2.08 bits per heavy atom. The summed E-state index contributed by atoms with van der Waals surface area (Å²) in [5.41, 5.74) is 11.6. The number of hydrogen-bond donors (Lipinski definition) is 6. The van der Waals surface area contributed by atoms with Crippen molar-refractivity contribution >= 4 is 17.8 Å². The van der Waals surface area contributed by atoms with Gasteiger partial charge in [-0.2, -0.15) is 0 Å². The number of carbonyl (C=O) groups is 3. The van der Waals surface area contributed by atoms with Crippen LogP contribution in [0.3, 0.4) is 0 Å². The quantitative estimate of drug-likeness (QED) is 0.255. The lowest BCUT2D eigenvalue weighted by molar-refractivity contribution is -0.141. The Bertz CT molecular complexity index is 533. The number of imidazole rings is 1. The van der Waals surface area contributed by atoms with E-state index in [1.54, 1.807) is 0 Å². The van der Waals surface area contributed by atoms with Crippen molar-refractivity contribution in [2.75, 3.05) is 13.1 Å². The minimum absolute atomic E-state index is 0.0631. The largest absolute Gasteiger partial charge is 0.480 e. The Morgan fingerprint density at radius 1 is 1.33 bits per heavy atom. The van der Waals surface area contributed by atoms with Gasteiger partial charge < -0.3 is 32.2 Å². The van der Waals surface area contributed by atoms with Gasteiger partial charge in [0.2, 0.25) is 11.8 Å². The van der Waals surface area contributed by atoms with Crippen LogP contribution in [-0.2, 0) is 20.8 Å². The number of carboxylic acid groups (broad SMARTS) is 1. The second-order valence-corrected chi connectivity index (χ2v) is 5.35. The SMILES string of the molecule is NCCCC[C@H](N)C(=O)NCC(=O)N[C@@H](Cc1cnc[nH]1)C(=O)O. The zero-order valence-electron chi connectivity index (χ0n) is 13.3. The van der Waals surface area contributed by atoms with Crippen LogP contribution in [0.2, 0.25) is 0 Å². The van der Waals surface area contributed by atoms with Gasteiger partial charge in [-0.05, 0) is 19.4 Å². The molecule has 0 bridgehead atoms. The molecule has 0 radical (unpaired) electrons. The normalized spacial score (nSPS) is 13.1. The number of H-pyrrole nitrogens is 1. The second-order valence-electron chi connectivity index (χ2n) is 5.35. The molecule has 0 saturated heterocycles. The number of aromatic amines is 1. The first-order valence-corrected chi connectivity index (χ1v) is 7.66. The number of unbranched alkanes of at least 4 members (excludes halogenated alkanes) is 1. The van der Waals surface area contributed by atoms with E-state index in [1.165, 1.54) is 12.5 Å². The maximum Gasteiger partial charge on any atom is 0.326 e. The van der Waals surface area contributed by atoms with E-state index in [9.17, 15) is 14.4 Å². The number of nitrogens with one attached hydrogen (secondary N) is 3. The number of amides is 2. The summed E-state index contributed by atoms with van der Waals surface area (Å²) in [5.74, 6) is -2.24. The van der Waals surface area contributed by atoms with Crippen molar-refractivity contribution in [3.05, 3.63) is 18.2 Å². The molecular weight excluding hydrogens is 316 g/mol. The molecule has 0 spiro atoms. The molecule has 1 aromatic heterocycles. The van der Waals surface area contributed by atoms with Crippen molar-refractivity contribution in [3.63, 3.8) is 0 Å². The van der Waals surface area contributed by atoms with Gasteiger partial charge in [0.15, 0.2) is 0 Å². The first-order chi connectivity index (χ1) is 11.4. The molecule has 1 heterocycles. The van der Waals surface area contributed by atoms with Crippen LogP contribution in [0.1, 0.15) is 25.0 Å². The predicted molar refractivity (Wildman–Crippen MR) is 85.7 cm³/mol. The van der Waals surface area contributed by atoms with Crippen LogP contribution in [0, 0.1) is 0 Å². The molecule has 2 amide bonds. The highest BCUT2D eigenvalue weighted by Crippen LogP contribution is 1.99. The maximum atomic E-state index is 11.8. The van der Waals surface area contributed by atoms with Crippen molar-refractivity contribution in [2.24, 2.45) is 11.5 Å². The highest BCUT2D eigenvalue weighted by atomic mass is 16.4. The van der Waals surface area contributed by atoms with Crippen LogP contribution < -0.4 is 22.1 Å². The molecule has 0 aliphatic heterocycles. The lowest BCUT2D eigenvalue weighted by Crippen LogP contribution is -2.49. The van der Waals surface area contributed by atoms with Crippen LogP contribution in [0.25, 0.3) is 0 Å². The Labute approximate surface area is 139 Å². The summed E-state index contributed by atoms with van der Waals surface area (Å²) in [6, 6.07) is -1.84. The average molecular weight is 340 g/mol. The minimum Gasteiger partial charge on any atom is -0.480 e. The Hall–Kier alpha value is -2.46. The third-order valence-electron chi connectivity index (χ3n) is 3.34. The fourth-order valence-corrected chi connectivity index (χ4v) is 2.00. The number of carbonyl (C=O) groups excluding carboxylic acids is 2. The molecule has 0 saturated carbocycles. The fourth-order valence-electron chi connectivity index (χ4n) is 2.00. The standard InChI is InChI=1S/C14H24N6O4/c15-4-2-1-3-10(16)13(22)18-7-12(21)20-11(14(23)24)5-9-6-17-8-19-9/h6,8,10-11H,1-5,7,15-16H2,(H,17,19)(H,18,22)(H,20,21)(H,23,24)/t10-,11-/m0/s1. The third kappa shape index (κ3) is 7.20. The van der Waals surface area contributed by atoms with Gasteiger partial charge in [-0.25, -0.2) is 9.78 Å². The van der Waals surface area contributed by atoms with Crippen LogP contribution in [-0.4, -0.2) is 58.0 Å². The summed E-state index contributed by atoms with van der Waals surface area (Å²) >= 11 is 0. The fraction of sp³-hybridized carbons (Fsp3) is 0.571. The molecule has 134 valence electrons. The monoisotopic (exact) mass is 340 g/mol. The minimum atomic E-state index is -1.18. The second kappa shape index (κ2) is 10.3. The number of nitrogens with zero attached hydrogens (tertiary/aromatic N) is 1. The Morgan fingerprint density at radius 3 is 2.67 bits per heavy atom. The first kappa shape index (κ1) is 19.6. The molecule has 0 aliphatic carbocycles. The zero-order valence-corrected chi connectivity index (χ0v) is 13.3. The van der Waals surface area contributed by atoms with Gasteiger partial charge in [0.05, 0.1) is 18.9 Å². The van der Waals surface area contributed by atoms with E-state index in [0.717, 1.165) is 12.8 Å². The third-order valence-corrected chi connectivity index (χ3v) is 3.34. The molecule has 0 aliphatic rings. The summed E-state index contributed by atoms with van der Waals surface area (Å²) in [4.78, 5) is 41.3. The van der Waals surface area contributed by atoms with Gasteiger partial charge in [-0.3, -0.25) is 9.59 Å². The van der Waals surface area contributed by atoms with Crippen molar-refractivity contribution in [1.29, 1.82) is 0 Å². The number of rotatable bonds is 11. The van der Waals surface area contributed by atoms with E-state index in [2.05, 4.69) is 20.6 Å². The Balaban J connectivity index is 2.37. The molecule has 8 N–H and O–H groups in total. The van der Waals surface area contributed by atoms with Gasteiger partial charge in [-0.1, -0.05) is 6.42 Å². The van der Waals surface area contributed by atoms with E-state index in [0.29, 0.717) is 18.7 Å². The van der Waals surface area contributed by atoms with Crippen molar-refractivity contribution in [2.45, 2.75) is 37.8 Å². The van der Waals surface area contributed by atoms with Gasteiger partial charge in [0.25, 0.3) is 0 Å². The summed E-state index contributed by atoms with van der Waals surface area (Å²) in [5, 5.41) is 13.9. The average Bonchev–Trinajstić information content (AvgIpc) is 3.05. The molecule has 2 atom stereocenters. The van der Waals surface area contributed by atoms with Gasteiger partial charge >= 0.3 is 5.97 Å². The molecule has 1 rings (SSSR count). The summed E-state index contributed by atoms with van der Waals surface area (Å²) < 4.78 is 0. The lowest BCUT2D eigenvalue weighted by atomic mass is 10.1. The predicted octanol–water partition coefficient (Wildman–Crippen LogP) is -1.91. The molecular formula is C14H24N6O4. The smallest absolute Gasteiger partial charge is 0.326 e. The molecule has 0 unspecified atom stereocenters. The van der Waals surface area contributed by atoms with E-state index in [-0.39, 0.29) is 13.0 Å². The Kier molecular flexibility index (Phi) is 8.44. The van der Waals surface area contributed by atoms with Crippen molar-refractivity contribution < 1.29 is 19.5 Å². The summed E-state index contributed by atoms with van der Waals surface area (Å²) in [6.07, 6.45) is 4.93. The number of carboxylic acids is 1. The van der Waals surface area contributed by atoms with Crippen LogP contribution >= 0.6 is 0 Å². The van der Waals surface area contributed by atoms with E-state index in [1.807, 2.05) is 0 Å². The number of aliphatic carboxylic acids is 1. The first-order valence-electron chi connectivity index (χ1n) is 7.66. The molecule has 10 heteroatoms. The van der Waals surface area contributed by atoms with Crippen LogP contribution in [0.15, 0.2) is 12.5 Å². The summed E-state index contributed by atoms with van der Waals surface area (Å²) in [7, 11) is 0. The molecule has 10 nitrogen and oxygen atoms in total. The lowest BCUT2D eigenvalue weighted by Gasteiger charge is -2.15. The highest BCUT2D eigenvalue weighted by molar-refractivity contribution is 5.89. The number of hydrogen-bond acceptors (Lipinski definition) is 6. The topological polar surface area (TPSA) is 176 Å². The molecule has 24 heavy (non-hydrogen) atoms. The van der Waals surface area contributed by atoms with Crippen LogP contribution in [0.5, 0.6) is 0 Å². The summed E-state index contributed by atoms with van der Waals surface area (Å²) in [6.45, 7) is 0.194. The molecule has 0 aromatic carbocycles. The van der Waals surface area contributed by atoms with Crippen molar-refractivity contribution in [1.82, 2.24) is 20.6 Å². The van der Waals surface area contributed by atoms with Crippen molar-refractivity contribution in [3.8, 4) is 0 Å². The van der Waals surface area contributed by atoms with Crippen LogP contribution in [0.4, 0.5) is 0 Å². The van der Waals surface area contributed by atoms with E-state index in [4.69, 9.17) is 16.6 Å². The maximum absolute atomic E-state index is 11.8. The van der Waals surface area contributed by atoms with E-state index >= 15 is 0 Å².